The van der Waals surface area contributed by atoms with Crippen LogP contribution >= 0.6 is 11.3 Å². The number of rotatable bonds is 5. The van der Waals surface area contributed by atoms with Gasteiger partial charge in [0.25, 0.3) is 0 Å². The Kier molecular flexibility index (Phi) is 4.44. The van der Waals surface area contributed by atoms with Gasteiger partial charge in [0.05, 0.1) is 5.01 Å². The van der Waals surface area contributed by atoms with E-state index in [0.717, 1.165) is 24.4 Å². The zero-order valence-electron chi connectivity index (χ0n) is 11.1. The summed E-state index contributed by atoms with van der Waals surface area (Å²) in [5.74, 6) is 0. The smallest absolute Gasteiger partial charge is 0.0943 e. The third-order valence-corrected chi connectivity index (χ3v) is 3.62. The molecular formula is C14H19N3S. The molecule has 1 unspecified atom stereocenters. The Bertz CT molecular complexity index is 473. The molecule has 96 valence electrons. The molecule has 0 aliphatic rings. The molecule has 2 aromatic heterocycles. The Morgan fingerprint density at radius 2 is 2.00 bits per heavy atom. The summed E-state index contributed by atoms with van der Waals surface area (Å²) in [4.78, 5) is 8.80. The lowest BCUT2D eigenvalue weighted by molar-refractivity contribution is 0.547. The van der Waals surface area contributed by atoms with E-state index in [-0.39, 0.29) is 0 Å². The van der Waals surface area contributed by atoms with Crippen LogP contribution in [-0.4, -0.2) is 16.5 Å². The molecule has 2 rings (SSSR count). The van der Waals surface area contributed by atoms with E-state index in [9.17, 15) is 0 Å². The fraction of sp³-hybridized carbons (Fsp3) is 0.429. The van der Waals surface area contributed by atoms with Crippen LogP contribution in [0.3, 0.4) is 0 Å². The van der Waals surface area contributed by atoms with Crippen LogP contribution in [0.2, 0.25) is 0 Å². The Morgan fingerprint density at radius 1 is 1.28 bits per heavy atom. The van der Waals surface area contributed by atoms with Gasteiger partial charge in [-0.05, 0) is 38.1 Å². The van der Waals surface area contributed by atoms with Gasteiger partial charge in [0.1, 0.15) is 0 Å². The first-order valence-electron chi connectivity index (χ1n) is 6.26. The highest BCUT2D eigenvalue weighted by Crippen LogP contribution is 2.20. The summed E-state index contributed by atoms with van der Waals surface area (Å²) in [6.45, 7) is 7.18. The number of aryl methyl sites for hydroxylation is 2. The minimum Gasteiger partial charge on any atom is -0.310 e. The van der Waals surface area contributed by atoms with Crippen molar-refractivity contribution in [1.29, 1.82) is 0 Å². The van der Waals surface area contributed by atoms with Crippen molar-refractivity contribution in [3.8, 4) is 0 Å². The van der Waals surface area contributed by atoms with Crippen molar-refractivity contribution in [3.05, 3.63) is 45.7 Å². The number of nitrogens with zero attached hydrogens (tertiary/aromatic N) is 2. The third-order valence-electron chi connectivity index (χ3n) is 2.82. The number of hydrogen-bond donors (Lipinski definition) is 1. The molecule has 0 spiro atoms. The summed E-state index contributed by atoms with van der Waals surface area (Å²) < 4.78 is 0. The summed E-state index contributed by atoms with van der Waals surface area (Å²) in [5.41, 5.74) is 3.45. The quantitative estimate of drug-likeness (QED) is 0.899. The van der Waals surface area contributed by atoms with E-state index in [1.807, 2.05) is 25.4 Å². The van der Waals surface area contributed by atoms with E-state index in [1.165, 1.54) is 10.6 Å². The average molecular weight is 261 g/mol. The number of pyridine rings is 1. The molecule has 1 N–H and O–H groups in total. The van der Waals surface area contributed by atoms with E-state index in [0.29, 0.717) is 6.04 Å². The molecule has 0 aromatic carbocycles. The van der Waals surface area contributed by atoms with Gasteiger partial charge in [0.2, 0.25) is 0 Å². The normalized spacial score (nSPS) is 12.6. The van der Waals surface area contributed by atoms with Crippen LogP contribution < -0.4 is 5.32 Å². The predicted molar refractivity (Wildman–Crippen MR) is 75.9 cm³/mol. The molecule has 2 aromatic rings. The third kappa shape index (κ3) is 3.37. The number of hydrogen-bond acceptors (Lipinski definition) is 4. The molecule has 18 heavy (non-hydrogen) atoms. The van der Waals surface area contributed by atoms with Crippen LogP contribution in [0.1, 0.15) is 34.9 Å². The Balaban J connectivity index is 2.23. The van der Waals surface area contributed by atoms with E-state index in [2.05, 4.69) is 34.3 Å². The molecule has 0 aliphatic heterocycles. The van der Waals surface area contributed by atoms with Gasteiger partial charge in [-0.3, -0.25) is 4.98 Å². The molecule has 0 fully saturated rings. The molecule has 0 saturated heterocycles. The van der Waals surface area contributed by atoms with E-state index < -0.39 is 0 Å². The van der Waals surface area contributed by atoms with Gasteiger partial charge in [-0.25, -0.2) is 4.98 Å². The fourth-order valence-corrected chi connectivity index (χ4v) is 2.81. The maximum atomic E-state index is 4.43. The number of likely N-dealkylation sites (N-methyl/N-ethyl adjacent to an activating group) is 1. The van der Waals surface area contributed by atoms with E-state index in [4.69, 9.17) is 0 Å². The highest BCUT2D eigenvalue weighted by Gasteiger charge is 2.13. The Labute approximate surface area is 112 Å². The summed E-state index contributed by atoms with van der Waals surface area (Å²) in [6.07, 6.45) is 2.81. The zero-order chi connectivity index (χ0) is 13.0. The average Bonchev–Trinajstić information content (AvgIpc) is 2.80. The lowest BCUT2D eigenvalue weighted by atomic mass is 10.0. The second-order valence-electron chi connectivity index (χ2n) is 4.42. The first-order chi connectivity index (χ1) is 8.69. The maximum Gasteiger partial charge on any atom is 0.0943 e. The first kappa shape index (κ1) is 13.2. The molecule has 0 bridgehead atoms. The van der Waals surface area contributed by atoms with Crippen LogP contribution in [0.5, 0.6) is 0 Å². The number of nitrogens with one attached hydrogen (secondary N) is 1. The van der Waals surface area contributed by atoms with Crippen LogP contribution in [-0.2, 0) is 6.42 Å². The molecule has 1 atom stereocenters. The Hall–Kier alpha value is -1.26. The van der Waals surface area contributed by atoms with Crippen molar-refractivity contribution < 1.29 is 0 Å². The monoisotopic (exact) mass is 261 g/mol. The largest absolute Gasteiger partial charge is 0.310 e. The Morgan fingerprint density at radius 3 is 2.56 bits per heavy atom. The van der Waals surface area contributed by atoms with Crippen LogP contribution in [0.4, 0.5) is 0 Å². The SMILES string of the molecule is CCNC(Cc1nccs1)c1cc(C)nc(C)c1. The molecule has 0 aliphatic carbocycles. The molecule has 3 nitrogen and oxygen atoms in total. The van der Waals surface area contributed by atoms with Crippen molar-refractivity contribution in [2.75, 3.05) is 6.54 Å². The standard InChI is InChI=1S/C14H19N3S/c1-4-15-13(9-14-16-5-6-18-14)12-7-10(2)17-11(3)8-12/h5-8,13,15H,4,9H2,1-3H3. The van der Waals surface area contributed by atoms with Gasteiger partial charge in [0.15, 0.2) is 0 Å². The van der Waals surface area contributed by atoms with Gasteiger partial charge in [0, 0.05) is 35.4 Å². The lowest BCUT2D eigenvalue weighted by Crippen LogP contribution is -2.23. The molecule has 2 heterocycles. The first-order valence-corrected chi connectivity index (χ1v) is 7.14. The minimum absolute atomic E-state index is 0.321. The minimum atomic E-state index is 0.321. The van der Waals surface area contributed by atoms with E-state index in [1.54, 1.807) is 11.3 Å². The molecule has 4 heteroatoms. The van der Waals surface area contributed by atoms with Crippen LogP contribution in [0.15, 0.2) is 23.7 Å². The van der Waals surface area contributed by atoms with Gasteiger partial charge in [-0.1, -0.05) is 6.92 Å². The van der Waals surface area contributed by atoms with Crippen molar-refractivity contribution >= 4 is 11.3 Å². The second kappa shape index (κ2) is 6.07. The van der Waals surface area contributed by atoms with Gasteiger partial charge in [-0.2, -0.15) is 0 Å². The molecular weight excluding hydrogens is 242 g/mol. The van der Waals surface area contributed by atoms with Crippen LogP contribution in [0, 0.1) is 13.8 Å². The summed E-state index contributed by atoms with van der Waals surface area (Å²) in [5, 5.41) is 6.73. The van der Waals surface area contributed by atoms with E-state index >= 15 is 0 Å². The van der Waals surface area contributed by atoms with Gasteiger partial charge >= 0.3 is 0 Å². The number of aromatic nitrogens is 2. The van der Waals surface area contributed by atoms with Gasteiger partial charge < -0.3 is 5.32 Å². The van der Waals surface area contributed by atoms with Crippen molar-refractivity contribution in [2.24, 2.45) is 0 Å². The number of thiazole rings is 1. The van der Waals surface area contributed by atoms with Crippen molar-refractivity contribution in [2.45, 2.75) is 33.2 Å². The predicted octanol–water partition coefficient (Wildman–Crippen LogP) is 3.05. The highest BCUT2D eigenvalue weighted by atomic mass is 32.1. The topological polar surface area (TPSA) is 37.8 Å². The second-order valence-corrected chi connectivity index (χ2v) is 5.40. The fourth-order valence-electron chi connectivity index (χ4n) is 2.15. The zero-order valence-corrected chi connectivity index (χ0v) is 11.9. The van der Waals surface area contributed by atoms with Crippen molar-refractivity contribution in [1.82, 2.24) is 15.3 Å². The summed E-state index contributed by atoms with van der Waals surface area (Å²) in [7, 11) is 0. The van der Waals surface area contributed by atoms with Crippen LogP contribution in [0.25, 0.3) is 0 Å². The molecule has 0 amide bonds. The van der Waals surface area contributed by atoms with Crippen molar-refractivity contribution in [3.63, 3.8) is 0 Å². The highest BCUT2D eigenvalue weighted by molar-refractivity contribution is 7.09. The van der Waals surface area contributed by atoms with Gasteiger partial charge in [-0.15, -0.1) is 11.3 Å². The summed E-state index contributed by atoms with van der Waals surface area (Å²) in [6, 6.07) is 4.64. The summed E-state index contributed by atoms with van der Waals surface area (Å²) >= 11 is 1.71. The molecule has 0 saturated carbocycles. The molecule has 0 radical (unpaired) electrons. The maximum absolute atomic E-state index is 4.43. The lowest BCUT2D eigenvalue weighted by Gasteiger charge is -2.18.